The molecular weight excluding hydrogens is 439 g/mol. The number of carbonyl (C=O) groups is 2. The number of benzene rings is 2. The lowest BCUT2D eigenvalue weighted by atomic mass is 10.1. The second kappa shape index (κ2) is 6.57. The quantitative estimate of drug-likeness (QED) is 0.557. The molecule has 2 amide bonds. The Morgan fingerprint density at radius 3 is 2.33 bits per heavy atom. The molecule has 1 N–H and O–H groups in total. The molecule has 0 aromatic heterocycles. The summed E-state index contributed by atoms with van der Waals surface area (Å²) in [5.74, 6) is -0.970. The van der Waals surface area contributed by atoms with Crippen molar-refractivity contribution in [2.24, 2.45) is 0 Å². The minimum atomic E-state index is -0.518. The molecule has 3 rings (SSSR count). The van der Waals surface area contributed by atoms with E-state index in [0.29, 0.717) is 5.69 Å². The Morgan fingerprint density at radius 2 is 1.67 bits per heavy atom. The summed E-state index contributed by atoms with van der Waals surface area (Å²) in [6.45, 7) is 3.93. The fourth-order valence-corrected chi connectivity index (χ4v) is 3.03. The number of nitrogens with zero attached hydrogens (tertiary/aromatic N) is 1. The van der Waals surface area contributed by atoms with E-state index in [0.717, 1.165) is 25.3 Å². The Morgan fingerprint density at radius 1 is 1.00 bits per heavy atom. The summed E-state index contributed by atoms with van der Waals surface area (Å²) in [6, 6.07) is 12.8. The molecule has 122 valence electrons. The molecule has 0 bridgehead atoms. The standard InChI is InChI=1S/C18H14ClIN2O2/c1-10-4-3-5-14(11(10)2)21-16-15(19)17(23)22(18(16)24)13-8-6-12(20)7-9-13/h3-9,21H,1-2H3. The van der Waals surface area contributed by atoms with Crippen molar-refractivity contribution in [2.75, 3.05) is 10.2 Å². The number of carbonyl (C=O) groups excluding carboxylic acids is 2. The van der Waals surface area contributed by atoms with Gasteiger partial charge >= 0.3 is 0 Å². The van der Waals surface area contributed by atoms with Gasteiger partial charge in [0.2, 0.25) is 0 Å². The van der Waals surface area contributed by atoms with E-state index in [2.05, 4.69) is 27.9 Å². The third-order valence-corrected chi connectivity index (χ3v) is 5.05. The molecule has 6 heteroatoms. The normalized spacial score (nSPS) is 14.6. The van der Waals surface area contributed by atoms with Crippen LogP contribution in [0, 0.1) is 17.4 Å². The molecule has 4 nitrogen and oxygen atoms in total. The van der Waals surface area contributed by atoms with Crippen LogP contribution in [0.25, 0.3) is 0 Å². The van der Waals surface area contributed by atoms with E-state index in [9.17, 15) is 9.59 Å². The highest BCUT2D eigenvalue weighted by Gasteiger charge is 2.39. The van der Waals surface area contributed by atoms with Crippen molar-refractivity contribution in [3.05, 3.63) is 67.9 Å². The van der Waals surface area contributed by atoms with Crippen LogP contribution in [0.2, 0.25) is 0 Å². The molecule has 2 aromatic carbocycles. The molecule has 0 unspecified atom stereocenters. The van der Waals surface area contributed by atoms with E-state index >= 15 is 0 Å². The zero-order valence-electron chi connectivity index (χ0n) is 13.1. The van der Waals surface area contributed by atoms with Crippen LogP contribution in [0.15, 0.2) is 53.2 Å². The summed E-state index contributed by atoms with van der Waals surface area (Å²) in [4.78, 5) is 26.2. The van der Waals surface area contributed by atoms with Gasteiger partial charge in [-0.15, -0.1) is 0 Å². The van der Waals surface area contributed by atoms with Crippen molar-refractivity contribution >= 4 is 57.4 Å². The first-order chi connectivity index (χ1) is 11.4. The van der Waals surface area contributed by atoms with Gasteiger partial charge in [0.15, 0.2) is 0 Å². The molecule has 1 aliphatic rings. The second-order valence-electron chi connectivity index (χ2n) is 5.48. The molecule has 0 atom stereocenters. The van der Waals surface area contributed by atoms with Crippen molar-refractivity contribution in [1.82, 2.24) is 0 Å². The third-order valence-electron chi connectivity index (χ3n) is 3.98. The Hall–Kier alpha value is -1.86. The Bertz CT molecular complexity index is 875. The highest BCUT2D eigenvalue weighted by molar-refractivity contribution is 14.1. The predicted molar refractivity (Wildman–Crippen MR) is 104 cm³/mol. The van der Waals surface area contributed by atoms with E-state index in [-0.39, 0.29) is 10.7 Å². The molecule has 2 aromatic rings. The summed E-state index contributed by atoms with van der Waals surface area (Å²) in [5.41, 5.74) is 3.45. The fourth-order valence-electron chi connectivity index (χ4n) is 2.46. The van der Waals surface area contributed by atoms with Gasteiger partial charge in [0.05, 0.1) is 5.69 Å². The van der Waals surface area contributed by atoms with Gasteiger partial charge in [0.25, 0.3) is 11.8 Å². The highest BCUT2D eigenvalue weighted by atomic mass is 127. The minimum Gasteiger partial charge on any atom is -0.349 e. The molecule has 1 aliphatic heterocycles. The zero-order chi connectivity index (χ0) is 17.4. The molecule has 0 fully saturated rings. The smallest absolute Gasteiger partial charge is 0.283 e. The van der Waals surface area contributed by atoms with Crippen LogP contribution in [0.4, 0.5) is 11.4 Å². The van der Waals surface area contributed by atoms with Gasteiger partial charge in [-0.1, -0.05) is 23.7 Å². The Balaban J connectivity index is 1.95. The lowest BCUT2D eigenvalue weighted by Gasteiger charge is -2.16. The van der Waals surface area contributed by atoms with Gasteiger partial charge in [-0.25, -0.2) is 4.90 Å². The summed E-state index contributed by atoms with van der Waals surface area (Å²) in [6.07, 6.45) is 0. The van der Waals surface area contributed by atoms with E-state index in [1.807, 2.05) is 44.2 Å². The van der Waals surface area contributed by atoms with Gasteiger partial charge in [-0.05, 0) is 77.9 Å². The van der Waals surface area contributed by atoms with Crippen molar-refractivity contribution in [3.63, 3.8) is 0 Å². The van der Waals surface area contributed by atoms with Crippen LogP contribution >= 0.6 is 34.2 Å². The van der Waals surface area contributed by atoms with Crippen molar-refractivity contribution in [2.45, 2.75) is 13.8 Å². The van der Waals surface area contributed by atoms with Crippen LogP contribution in [0.5, 0.6) is 0 Å². The number of nitrogens with one attached hydrogen (secondary N) is 1. The SMILES string of the molecule is Cc1cccc(NC2=C(Cl)C(=O)N(c3ccc(I)cc3)C2=O)c1C. The van der Waals surface area contributed by atoms with Gasteiger partial charge in [-0.3, -0.25) is 9.59 Å². The van der Waals surface area contributed by atoms with E-state index in [1.165, 1.54) is 0 Å². The number of imide groups is 1. The van der Waals surface area contributed by atoms with Gasteiger partial charge in [0.1, 0.15) is 10.7 Å². The van der Waals surface area contributed by atoms with Crippen molar-refractivity contribution in [3.8, 4) is 0 Å². The number of hydrogen-bond donors (Lipinski definition) is 1. The molecule has 0 saturated carbocycles. The first-order valence-corrected chi connectivity index (χ1v) is 8.73. The van der Waals surface area contributed by atoms with Crippen molar-refractivity contribution < 1.29 is 9.59 Å². The Kier molecular flexibility index (Phi) is 4.64. The highest BCUT2D eigenvalue weighted by Crippen LogP contribution is 2.31. The second-order valence-corrected chi connectivity index (χ2v) is 7.11. The lowest BCUT2D eigenvalue weighted by Crippen LogP contribution is -2.32. The van der Waals surface area contributed by atoms with E-state index < -0.39 is 11.8 Å². The number of amides is 2. The third kappa shape index (κ3) is 2.93. The van der Waals surface area contributed by atoms with Crippen LogP contribution < -0.4 is 10.2 Å². The molecule has 0 radical (unpaired) electrons. The molecule has 1 heterocycles. The molecular formula is C18H14ClIN2O2. The van der Waals surface area contributed by atoms with Crippen molar-refractivity contribution in [1.29, 1.82) is 0 Å². The number of halogens is 2. The topological polar surface area (TPSA) is 49.4 Å². The van der Waals surface area contributed by atoms with E-state index in [1.54, 1.807) is 12.1 Å². The van der Waals surface area contributed by atoms with Crippen LogP contribution in [0.3, 0.4) is 0 Å². The lowest BCUT2D eigenvalue weighted by molar-refractivity contribution is -0.120. The van der Waals surface area contributed by atoms with Gasteiger partial charge in [0, 0.05) is 9.26 Å². The number of anilines is 2. The monoisotopic (exact) mass is 452 g/mol. The predicted octanol–water partition coefficient (Wildman–Crippen LogP) is 4.34. The number of aryl methyl sites for hydroxylation is 1. The van der Waals surface area contributed by atoms with Crippen LogP contribution in [-0.2, 0) is 9.59 Å². The fraction of sp³-hybridized carbons (Fsp3) is 0.111. The van der Waals surface area contributed by atoms with Crippen LogP contribution in [-0.4, -0.2) is 11.8 Å². The maximum absolute atomic E-state index is 12.7. The maximum Gasteiger partial charge on any atom is 0.283 e. The number of rotatable bonds is 3. The maximum atomic E-state index is 12.7. The first-order valence-electron chi connectivity index (χ1n) is 7.27. The minimum absolute atomic E-state index is 0.0977. The van der Waals surface area contributed by atoms with Gasteiger partial charge < -0.3 is 5.32 Å². The van der Waals surface area contributed by atoms with E-state index in [4.69, 9.17) is 11.6 Å². The van der Waals surface area contributed by atoms with Crippen LogP contribution in [0.1, 0.15) is 11.1 Å². The summed E-state index contributed by atoms with van der Waals surface area (Å²) in [5, 5.41) is 2.93. The average molecular weight is 453 g/mol. The Labute approximate surface area is 158 Å². The molecule has 0 aliphatic carbocycles. The largest absolute Gasteiger partial charge is 0.349 e. The molecule has 0 spiro atoms. The zero-order valence-corrected chi connectivity index (χ0v) is 16.0. The molecule has 24 heavy (non-hydrogen) atoms. The summed E-state index contributed by atoms with van der Waals surface area (Å²) < 4.78 is 1.02. The summed E-state index contributed by atoms with van der Waals surface area (Å²) >= 11 is 8.31. The summed E-state index contributed by atoms with van der Waals surface area (Å²) in [7, 11) is 0. The average Bonchev–Trinajstić information content (AvgIpc) is 2.76. The molecule has 0 saturated heterocycles. The van der Waals surface area contributed by atoms with Gasteiger partial charge in [-0.2, -0.15) is 0 Å². The number of hydrogen-bond acceptors (Lipinski definition) is 3. The first kappa shape index (κ1) is 17.0.